The van der Waals surface area contributed by atoms with E-state index in [-0.39, 0.29) is 0 Å². The first-order valence-electron chi connectivity index (χ1n) is 7.16. The number of rotatable bonds is 0. The predicted molar refractivity (Wildman–Crippen MR) is 82.1 cm³/mol. The van der Waals surface area contributed by atoms with Gasteiger partial charge in [0.15, 0.2) is 0 Å². The van der Waals surface area contributed by atoms with Crippen LogP contribution in [0.1, 0.15) is 31.4 Å². The van der Waals surface area contributed by atoms with Crippen LogP contribution in [-0.4, -0.2) is 0 Å². The van der Waals surface area contributed by atoms with Crippen LogP contribution >= 0.6 is 0 Å². The Morgan fingerprint density at radius 3 is 2.58 bits per heavy atom. The Bertz CT molecular complexity index is 744. The van der Waals surface area contributed by atoms with Crippen LogP contribution in [0, 0.1) is 5.92 Å². The van der Waals surface area contributed by atoms with Crippen LogP contribution in [0.15, 0.2) is 53.6 Å². The topological polar surface area (TPSA) is 0 Å². The molecule has 0 fully saturated rings. The maximum Gasteiger partial charge on any atom is -0.00486 e. The molecule has 2 aromatic carbocycles. The highest BCUT2D eigenvalue weighted by atomic mass is 14.3. The molecule has 94 valence electrons. The highest BCUT2D eigenvalue weighted by Gasteiger charge is 2.28. The van der Waals surface area contributed by atoms with Crippen molar-refractivity contribution in [1.82, 2.24) is 0 Å². The van der Waals surface area contributed by atoms with Crippen molar-refractivity contribution in [3.8, 4) is 0 Å². The third-order valence-electron chi connectivity index (χ3n) is 4.71. The van der Waals surface area contributed by atoms with Crippen LogP contribution in [-0.2, 0) is 6.42 Å². The largest absolute Gasteiger partial charge is 0.0804 e. The van der Waals surface area contributed by atoms with Gasteiger partial charge in [-0.1, -0.05) is 48.9 Å². The van der Waals surface area contributed by atoms with E-state index in [0.717, 1.165) is 6.42 Å². The quantitative estimate of drug-likeness (QED) is 0.604. The van der Waals surface area contributed by atoms with Crippen LogP contribution in [0.5, 0.6) is 0 Å². The second-order valence-electron chi connectivity index (χ2n) is 5.96. The second-order valence-corrected chi connectivity index (χ2v) is 5.96. The molecule has 0 heterocycles. The zero-order valence-corrected chi connectivity index (χ0v) is 11.5. The first-order chi connectivity index (χ1) is 9.24. The van der Waals surface area contributed by atoms with Gasteiger partial charge >= 0.3 is 0 Å². The highest BCUT2D eigenvalue weighted by Crippen LogP contribution is 2.45. The molecule has 0 spiro atoms. The highest BCUT2D eigenvalue weighted by molar-refractivity contribution is 5.94. The number of benzene rings is 2. The minimum absolute atomic E-state index is 0.703. The lowest BCUT2D eigenvalue weighted by Crippen LogP contribution is -2.04. The molecule has 19 heavy (non-hydrogen) atoms. The molecule has 2 aliphatic rings. The van der Waals surface area contributed by atoms with Crippen LogP contribution in [0.25, 0.3) is 16.3 Å². The molecule has 2 aliphatic carbocycles. The molecule has 0 N–H and O–H groups in total. The Balaban J connectivity index is 1.98. The van der Waals surface area contributed by atoms with Crippen molar-refractivity contribution >= 4 is 16.3 Å². The van der Waals surface area contributed by atoms with Crippen LogP contribution in [0.2, 0.25) is 0 Å². The SMILES string of the molecule is CC1=CCC(C)C2=C1c1cc3ccccc3cc1C2. The van der Waals surface area contributed by atoms with E-state index in [1.54, 1.807) is 11.1 Å². The summed E-state index contributed by atoms with van der Waals surface area (Å²) < 4.78 is 0. The molecule has 2 aromatic rings. The minimum Gasteiger partial charge on any atom is -0.0804 e. The van der Waals surface area contributed by atoms with Gasteiger partial charge in [-0.2, -0.15) is 0 Å². The Morgan fingerprint density at radius 1 is 1.05 bits per heavy atom. The van der Waals surface area contributed by atoms with Crippen LogP contribution < -0.4 is 0 Å². The van der Waals surface area contributed by atoms with Gasteiger partial charge in [0.1, 0.15) is 0 Å². The van der Waals surface area contributed by atoms with Gasteiger partial charge in [-0.15, -0.1) is 0 Å². The molecule has 0 saturated carbocycles. The van der Waals surface area contributed by atoms with Gasteiger partial charge in [0.05, 0.1) is 0 Å². The van der Waals surface area contributed by atoms with Gasteiger partial charge in [0.2, 0.25) is 0 Å². The maximum atomic E-state index is 2.41. The Labute approximate surface area is 114 Å². The fourth-order valence-electron chi connectivity index (χ4n) is 3.62. The van der Waals surface area contributed by atoms with Gasteiger partial charge < -0.3 is 0 Å². The van der Waals surface area contributed by atoms with E-state index in [2.05, 4.69) is 56.3 Å². The zero-order valence-electron chi connectivity index (χ0n) is 11.5. The lowest BCUT2D eigenvalue weighted by atomic mass is 9.85. The summed E-state index contributed by atoms with van der Waals surface area (Å²) in [6.07, 6.45) is 4.77. The average Bonchev–Trinajstić information content (AvgIpc) is 2.80. The van der Waals surface area contributed by atoms with E-state index in [1.165, 1.54) is 33.9 Å². The second kappa shape index (κ2) is 3.84. The van der Waals surface area contributed by atoms with Gasteiger partial charge in [0.25, 0.3) is 0 Å². The Kier molecular flexibility index (Phi) is 2.23. The van der Waals surface area contributed by atoms with Gasteiger partial charge in [0, 0.05) is 0 Å². The molecule has 0 bridgehead atoms. The van der Waals surface area contributed by atoms with Crippen molar-refractivity contribution in [2.75, 3.05) is 0 Å². The van der Waals surface area contributed by atoms with E-state index in [1.807, 2.05) is 0 Å². The monoisotopic (exact) mass is 246 g/mol. The lowest BCUT2D eigenvalue weighted by Gasteiger charge is -2.20. The standard InChI is InChI=1S/C19H18/c1-12-7-8-13(2)19-17(12)11-16-9-14-5-3-4-6-15(14)10-18(16)19/h3-6,8-10,12H,7,11H2,1-2H3. The summed E-state index contributed by atoms with van der Waals surface area (Å²) in [6, 6.07) is 13.5. The van der Waals surface area contributed by atoms with E-state index in [4.69, 9.17) is 0 Å². The lowest BCUT2D eigenvalue weighted by molar-refractivity contribution is 0.673. The molecule has 0 aliphatic heterocycles. The Hall–Kier alpha value is -1.82. The third kappa shape index (κ3) is 1.53. The number of fused-ring (bicyclic) bond motifs is 3. The third-order valence-corrected chi connectivity index (χ3v) is 4.71. The molecule has 1 unspecified atom stereocenters. The summed E-state index contributed by atoms with van der Waals surface area (Å²) in [5.74, 6) is 0.703. The molecule has 0 amide bonds. The summed E-state index contributed by atoms with van der Waals surface area (Å²) in [5.41, 5.74) is 7.67. The normalized spacial score (nSPS) is 21.4. The van der Waals surface area contributed by atoms with Crippen molar-refractivity contribution in [1.29, 1.82) is 0 Å². The average molecular weight is 246 g/mol. The molecular weight excluding hydrogens is 228 g/mol. The summed E-state index contributed by atoms with van der Waals surface area (Å²) in [6.45, 7) is 4.63. The van der Waals surface area contributed by atoms with Crippen LogP contribution in [0.4, 0.5) is 0 Å². The molecule has 0 aromatic heterocycles. The first kappa shape index (κ1) is 11.0. The number of allylic oxidation sites excluding steroid dienone is 4. The van der Waals surface area contributed by atoms with Crippen molar-refractivity contribution < 1.29 is 0 Å². The molecule has 0 saturated heterocycles. The van der Waals surface area contributed by atoms with Crippen molar-refractivity contribution in [2.24, 2.45) is 5.92 Å². The molecular formula is C19H18. The van der Waals surface area contributed by atoms with Crippen molar-refractivity contribution in [2.45, 2.75) is 26.7 Å². The number of hydrogen-bond acceptors (Lipinski definition) is 0. The van der Waals surface area contributed by atoms with Crippen LogP contribution in [0.3, 0.4) is 0 Å². The summed E-state index contributed by atoms with van der Waals surface area (Å²) >= 11 is 0. The fourth-order valence-corrected chi connectivity index (χ4v) is 3.62. The molecule has 4 rings (SSSR count). The fraction of sp³-hybridized carbons (Fsp3) is 0.263. The maximum absolute atomic E-state index is 2.41. The van der Waals surface area contributed by atoms with Crippen molar-refractivity contribution in [3.63, 3.8) is 0 Å². The summed E-state index contributed by atoms with van der Waals surface area (Å²) in [4.78, 5) is 0. The van der Waals surface area contributed by atoms with Gasteiger partial charge in [-0.25, -0.2) is 0 Å². The first-order valence-corrected chi connectivity index (χ1v) is 7.16. The minimum atomic E-state index is 0.703. The molecule has 0 radical (unpaired) electrons. The van der Waals surface area contributed by atoms with E-state index in [0.29, 0.717) is 5.92 Å². The van der Waals surface area contributed by atoms with E-state index >= 15 is 0 Å². The van der Waals surface area contributed by atoms with Crippen molar-refractivity contribution in [3.05, 3.63) is 64.7 Å². The van der Waals surface area contributed by atoms with E-state index in [9.17, 15) is 0 Å². The summed E-state index contributed by atoms with van der Waals surface area (Å²) in [7, 11) is 0. The number of hydrogen-bond donors (Lipinski definition) is 0. The van der Waals surface area contributed by atoms with Gasteiger partial charge in [-0.05, 0) is 64.8 Å². The van der Waals surface area contributed by atoms with Gasteiger partial charge in [-0.3, -0.25) is 0 Å². The molecule has 0 heteroatoms. The summed E-state index contributed by atoms with van der Waals surface area (Å²) in [5, 5.41) is 2.73. The smallest absolute Gasteiger partial charge is 0.00486 e. The Morgan fingerprint density at radius 2 is 1.79 bits per heavy atom. The predicted octanol–water partition coefficient (Wildman–Crippen LogP) is 5.14. The molecule has 1 atom stereocenters. The zero-order chi connectivity index (χ0) is 13.0. The molecule has 0 nitrogen and oxygen atoms in total. The van der Waals surface area contributed by atoms with E-state index < -0.39 is 0 Å².